The Kier molecular flexibility index (Phi) is 5.13. The Morgan fingerprint density at radius 3 is 2.84 bits per heavy atom. The van der Waals surface area contributed by atoms with Crippen LogP contribution in [-0.2, 0) is 0 Å². The van der Waals surface area contributed by atoms with Crippen molar-refractivity contribution in [1.82, 2.24) is 9.88 Å². The van der Waals surface area contributed by atoms with E-state index in [-0.39, 0.29) is 11.9 Å². The molecule has 1 saturated heterocycles. The fourth-order valence-corrected chi connectivity index (χ4v) is 3.61. The number of hydrogen-bond donors (Lipinski definition) is 1. The maximum absolute atomic E-state index is 13.3. The van der Waals surface area contributed by atoms with Crippen LogP contribution in [0.1, 0.15) is 35.7 Å². The van der Waals surface area contributed by atoms with E-state index in [4.69, 9.17) is 5.73 Å². The number of benzene rings is 1. The van der Waals surface area contributed by atoms with Crippen molar-refractivity contribution in [3.63, 3.8) is 0 Å². The molecule has 1 aromatic heterocycles. The number of carbonyl (C=O) groups is 1. The van der Waals surface area contributed by atoms with Gasteiger partial charge in [0.2, 0.25) is 0 Å². The Labute approximate surface area is 147 Å². The first-order valence-electron chi connectivity index (χ1n) is 8.75. The first kappa shape index (κ1) is 17.5. The summed E-state index contributed by atoms with van der Waals surface area (Å²) in [6.07, 6.45) is 3.25. The number of nitrogens with zero attached hydrogens (tertiary/aromatic N) is 2. The lowest BCUT2D eigenvalue weighted by atomic mass is 9.89. The standard InChI is InChI=1S/C20H24FN3O/c1-13-5-7-16(18-8-6-15(21)12-23-18)17(10-13)20(25)24-9-3-4-14(2)19(24)11-22/h5-8,10,12,14,19H,3-4,9,11,22H2,1-2H3/t14-,19-/m1/s1. The summed E-state index contributed by atoms with van der Waals surface area (Å²) in [4.78, 5) is 19.3. The Morgan fingerprint density at radius 1 is 1.36 bits per heavy atom. The average molecular weight is 341 g/mol. The highest BCUT2D eigenvalue weighted by Crippen LogP contribution is 2.29. The molecule has 2 aromatic rings. The topological polar surface area (TPSA) is 59.2 Å². The van der Waals surface area contributed by atoms with Crippen LogP contribution in [0.15, 0.2) is 36.5 Å². The van der Waals surface area contributed by atoms with Gasteiger partial charge in [-0.1, -0.05) is 24.6 Å². The molecule has 0 unspecified atom stereocenters. The molecule has 0 spiro atoms. The van der Waals surface area contributed by atoms with Crippen molar-refractivity contribution in [2.45, 2.75) is 32.7 Å². The minimum atomic E-state index is -0.392. The van der Waals surface area contributed by atoms with Crippen LogP contribution in [-0.4, -0.2) is 34.9 Å². The Bertz CT molecular complexity index is 760. The summed E-state index contributed by atoms with van der Waals surface area (Å²) >= 11 is 0. The van der Waals surface area contributed by atoms with Crippen molar-refractivity contribution in [2.24, 2.45) is 11.7 Å². The zero-order valence-corrected chi connectivity index (χ0v) is 14.7. The molecule has 132 valence electrons. The fraction of sp³-hybridized carbons (Fsp3) is 0.400. The number of rotatable bonds is 3. The molecule has 1 fully saturated rings. The number of hydrogen-bond acceptors (Lipinski definition) is 3. The van der Waals surface area contributed by atoms with Crippen molar-refractivity contribution < 1.29 is 9.18 Å². The number of piperidine rings is 1. The van der Waals surface area contributed by atoms with Gasteiger partial charge in [0.15, 0.2) is 0 Å². The predicted molar refractivity (Wildman–Crippen MR) is 96.6 cm³/mol. The highest BCUT2D eigenvalue weighted by Gasteiger charge is 2.32. The first-order chi connectivity index (χ1) is 12.0. The third-order valence-electron chi connectivity index (χ3n) is 5.03. The largest absolute Gasteiger partial charge is 0.334 e. The number of nitrogens with two attached hydrogens (primary N) is 1. The molecule has 2 atom stereocenters. The van der Waals surface area contributed by atoms with Gasteiger partial charge in [0.25, 0.3) is 5.91 Å². The molecule has 1 amide bonds. The minimum absolute atomic E-state index is 0.0215. The maximum Gasteiger partial charge on any atom is 0.254 e. The molecule has 2 N–H and O–H groups in total. The van der Waals surface area contributed by atoms with E-state index in [0.29, 0.717) is 23.7 Å². The quantitative estimate of drug-likeness (QED) is 0.931. The van der Waals surface area contributed by atoms with Crippen molar-refractivity contribution in [3.8, 4) is 11.3 Å². The van der Waals surface area contributed by atoms with Gasteiger partial charge >= 0.3 is 0 Å². The Balaban J connectivity index is 2.02. The molecule has 1 aliphatic rings. The van der Waals surface area contributed by atoms with Crippen LogP contribution in [0.2, 0.25) is 0 Å². The zero-order chi connectivity index (χ0) is 18.0. The predicted octanol–water partition coefficient (Wildman–Crippen LogP) is 3.40. The first-order valence-corrected chi connectivity index (χ1v) is 8.75. The summed E-state index contributed by atoms with van der Waals surface area (Å²) < 4.78 is 13.2. The molecular formula is C20H24FN3O. The second kappa shape index (κ2) is 7.31. The fourth-order valence-electron chi connectivity index (χ4n) is 3.61. The van der Waals surface area contributed by atoms with Crippen LogP contribution in [0.5, 0.6) is 0 Å². The molecule has 1 aromatic carbocycles. The highest BCUT2D eigenvalue weighted by atomic mass is 19.1. The lowest BCUT2D eigenvalue weighted by Gasteiger charge is -2.39. The second-order valence-corrected chi connectivity index (χ2v) is 6.83. The van der Waals surface area contributed by atoms with E-state index in [1.807, 2.05) is 30.0 Å². The monoisotopic (exact) mass is 341 g/mol. The third-order valence-corrected chi connectivity index (χ3v) is 5.03. The average Bonchev–Trinajstić information content (AvgIpc) is 2.61. The van der Waals surface area contributed by atoms with Crippen LogP contribution in [0.4, 0.5) is 4.39 Å². The van der Waals surface area contributed by atoms with Gasteiger partial charge in [-0.25, -0.2) is 4.39 Å². The molecule has 2 heterocycles. The van der Waals surface area contributed by atoms with Crippen molar-refractivity contribution in [2.75, 3.05) is 13.1 Å². The van der Waals surface area contributed by atoms with E-state index < -0.39 is 5.82 Å². The summed E-state index contributed by atoms with van der Waals surface area (Å²) in [6.45, 7) is 5.28. The smallest absolute Gasteiger partial charge is 0.254 e. The molecule has 0 saturated carbocycles. The SMILES string of the molecule is Cc1ccc(-c2ccc(F)cn2)c(C(=O)N2CCC[C@@H](C)[C@H]2CN)c1. The number of aryl methyl sites for hydroxylation is 1. The van der Waals surface area contributed by atoms with Gasteiger partial charge < -0.3 is 10.6 Å². The van der Waals surface area contributed by atoms with Crippen molar-refractivity contribution >= 4 is 5.91 Å². The van der Waals surface area contributed by atoms with E-state index in [0.717, 1.165) is 30.5 Å². The summed E-state index contributed by atoms with van der Waals surface area (Å²) in [5.74, 6) is -0.0245. The summed E-state index contributed by atoms with van der Waals surface area (Å²) in [5, 5.41) is 0. The van der Waals surface area contributed by atoms with Gasteiger partial charge in [-0.3, -0.25) is 9.78 Å². The highest BCUT2D eigenvalue weighted by molar-refractivity contribution is 6.01. The molecule has 0 radical (unpaired) electrons. The van der Waals surface area contributed by atoms with Crippen LogP contribution >= 0.6 is 0 Å². The molecule has 25 heavy (non-hydrogen) atoms. The van der Waals surface area contributed by atoms with E-state index in [1.165, 1.54) is 12.3 Å². The number of pyridine rings is 1. The lowest BCUT2D eigenvalue weighted by Crippen LogP contribution is -2.51. The van der Waals surface area contributed by atoms with Crippen LogP contribution in [0.25, 0.3) is 11.3 Å². The number of amides is 1. The molecule has 4 nitrogen and oxygen atoms in total. The van der Waals surface area contributed by atoms with Crippen molar-refractivity contribution in [3.05, 3.63) is 53.5 Å². The number of carbonyl (C=O) groups excluding carboxylic acids is 1. The number of likely N-dealkylation sites (tertiary alicyclic amines) is 1. The summed E-state index contributed by atoms with van der Waals surface area (Å²) in [6, 6.07) is 8.73. The van der Waals surface area contributed by atoms with Gasteiger partial charge in [0.05, 0.1) is 11.9 Å². The normalized spacial score (nSPS) is 20.6. The maximum atomic E-state index is 13.3. The van der Waals surface area contributed by atoms with Gasteiger partial charge in [0.1, 0.15) is 5.82 Å². The van der Waals surface area contributed by atoms with Gasteiger partial charge in [-0.15, -0.1) is 0 Å². The zero-order valence-electron chi connectivity index (χ0n) is 14.7. The van der Waals surface area contributed by atoms with E-state index >= 15 is 0 Å². The molecule has 3 rings (SSSR count). The molecule has 1 aliphatic heterocycles. The molecule has 0 bridgehead atoms. The van der Waals surface area contributed by atoms with Gasteiger partial charge in [-0.2, -0.15) is 0 Å². The molecular weight excluding hydrogens is 317 g/mol. The second-order valence-electron chi connectivity index (χ2n) is 6.83. The number of halogens is 1. The van der Waals surface area contributed by atoms with E-state index in [1.54, 1.807) is 6.07 Å². The third kappa shape index (κ3) is 3.56. The van der Waals surface area contributed by atoms with E-state index in [9.17, 15) is 9.18 Å². The summed E-state index contributed by atoms with van der Waals surface area (Å²) in [7, 11) is 0. The minimum Gasteiger partial charge on any atom is -0.334 e. The van der Waals surface area contributed by atoms with Crippen LogP contribution in [0, 0.1) is 18.7 Å². The van der Waals surface area contributed by atoms with Gasteiger partial charge in [-0.05, 0) is 43.9 Å². The van der Waals surface area contributed by atoms with E-state index in [2.05, 4.69) is 11.9 Å². The molecule has 0 aliphatic carbocycles. The lowest BCUT2D eigenvalue weighted by molar-refractivity contribution is 0.0533. The Morgan fingerprint density at radius 2 is 2.16 bits per heavy atom. The Hall–Kier alpha value is -2.27. The van der Waals surface area contributed by atoms with Crippen LogP contribution < -0.4 is 5.73 Å². The summed E-state index contributed by atoms with van der Waals surface area (Å²) in [5.41, 5.74) is 8.88. The number of aromatic nitrogens is 1. The van der Waals surface area contributed by atoms with Gasteiger partial charge in [0, 0.05) is 30.3 Å². The van der Waals surface area contributed by atoms with Crippen LogP contribution in [0.3, 0.4) is 0 Å². The molecule has 5 heteroatoms. The van der Waals surface area contributed by atoms with Crippen molar-refractivity contribution in [1.29, 1.82) is 0 Å².